The maximum Gasteiger partial charge on any atom is 0.328 e. The van der Waals surface area contributed by atoms with Gasteiger partial charge >= 0.3 is 5.97 Å². The van der Waals surface area contributed by atoms with Gasteiger partial charge in [-0.1, -0.05) is 30.3 Å². The molecule has 4 rings (SSSR count). The molecule has 3 heterocycles. The number of nitrogens with zero attached hydrogens (tertiary/aromatic N) is 1. The van der Waals surface area contributed by atoms with Crippen LogP contribution in [0.2, 0.25) is 0 Å². The van der Waals surface area contributed by atoms with E-state index in [-0.39, 0.29) is 5.41 Å². The van der Waals surface area contributed by atoms with Gasteiger partial charge in [0.05, 0.1) is 0 Å². The lowest BCUT2D eigenvalue weighted by atomic mass is 9.64. The highest BCUT2D eigenvalue weighted by molar-refractivity contribution is 5.80. The summed E-state index contributed by atoms with van der Waals surface area (Å²) in [7, 11) is 0. The Morgan fingerprint density at radius 1 is 1.20 bits per heavy atom. The maximum absolute atomic E-state index is 11.8. The molecule has 20 heavy (non-hydrogen) atoms. The fourth-order valence-electron chi connectivity index (χ4n) is 3.79. The van der Waals surface area contributed by atoms with Gasteiger partial charge in [0.1, 0.15) is 5.54 Å². The SMILES string of the molecule is NC(CC12CCN(CC1)CC2)(C(=O)O)c1ccccc1. The topological polar surface area (TPSA) is 66.6 Å². The molecule has 4 heteroatoms. The average molecular weight is 274 g/mol. The predicted octanol–water partition coefficient (Wildman–Crippen LogP) is 1.80. The highest BCUT2D eigenvalue weighted by Crippen LogP contribution is 2.47. The normalized spacial score (nSPS) is 31.8. The van der Waals surface area contributed by atoms with Crippen molar-refractivity contribution in [1.29, 1.82) is 0 Å². The molecule has 3 N–H and O–H groups in total. The van der Waals surface area contributed by atoms with Crippen LogP contribution in [0.4, 0.5) is 0 Å². The number of carboxylic acid groups (broad SMARTS) is 1. The lowest BCUT2D eigenvalue weighted by Crippen LogP contribution is -2.55. The minimum Gasteiger partial charge on any atom is -0.480 e. The molecule has 0 saturated carbocycles. The highest BCUT2D eigenvalue weighted by atomic mass is 16.4. The summed E-state index contributed by atoms with van der Waals surface area (Å²) in [5.41, 5.74) is 5.92. The molecule has 3 fully saturated rings. The first-order chi connectivity index (χ1) is 9.54. The smallest absolute Gasteiger partial charge is 0.328 e. The number of piperidine rings is 3. The number of nitrogens with two attached hydrogens (primary N) is 1. The molecule has 0 amide bonds. The van der Waals surface area contributed by atoms with Crippen molar-refractivity contribution in [3.8, 4) is 0 Å². The van der Waals surface area contributed by atoms with Gasteiger partial charge in [-0.15, -0.1) is 0 Å². The van der Waals surface area contributed by atoms with Gasteiger partial charge in [0.15, 0.2) is 0 Å². The first-order valence-corrected chi connectivity index (χ1v) is 7.34. The molecule has 0 radical (unpaired) electrons. The summed E-state index contributed by atoms with van der Waals surface area (Å²) in [6.07, 6.45) is 3.78. The summed E-state index contributed by atoms with van der Waals surface area (Å²) < 4.78 is 0. The van der Waals surface area contributed by atoms with Crippen molar-refractivity contribution < 1.29 is 9.90 Å². The molecule has 0 aliphatic carbocycles. The number of fused-ring (bicyclic) bond motifs is 3. The van der Waals surface area contributed by atoms with E-state index in [4.69, 9.17) is 5.73 Å². The minimum atomic E-state index is -1.26. The Labute approximate surface area is 119 Å². The zero-order valence-corrected chi connectivity index (χ0v) is 11.7. The number of aliphatic carboxylic acids is 1. The van der Waals surface area contributed by atoms with Crippen molar-refractivity contribution in [2.45, 2.75) is 31.2 Å². The Hall–Kier alpha value is -1.39. The van der Waals surface area contributed by atoms with Gasteiger partial charge in [0, 0.05) is 0 Å². The van der Waals surface area contributed by atoms with Gasteiger partial charge in [-0.05, 0) is 56.3 Å². The summed E-state index contributed by atoms with van der Waals surface area (Å²) >= 11 is 0. The van der Waals surface area contributed by atoms with E-state index in [1.807, 2.05) is 30.3 Å². The Morgan fingerprint density at radius 2 is 1.75 bits per heavy atom. The molecule has 1 unspecified atom stereocenters. The van der Waals surface area contributed by atoms with E-state index in [0.29, 0.717) is 6.42 Å². The van der Waals surface area contributed by atoms with Gasteiger partial charge in [-0.2, -0.15) is 0 Å². The first kappa shape index (κ1) is 13.6. The van der Waals surface area contributed by atoms with Gasteiger partial charge in [0.2, 0.25) is 0 Å². The second kappa shape index (κ2) is 4.86. The van der Waals surface area contributed by atoms with Crippen LogP contribution in [0.25, 0.3) is 0 Å². The predicted molar refractivity (Wildman–Crippen MR) is 77.3 cm³/mol. The Kier molecular flexibility index (Phi) is 3.30. The van der Waals surface area contributed by atoms with Crippen molar-refractivity contribution in [2.75, 3.05) is 19.6 Å². The molecule has 108 valence electrons. The molecule has 3 aliphatic rings. The maximum atomic E-state index is 11.8. The summed E-state index contributed by atoms with van der Waals surface area (Å²) in [5.74, 6) is -0.911. The number of hydrogen-bond acceptors (Lipinski definition) is 3. The van der Waals surface area contributed by atoms with E-state index in [1.54, 1.807) is 0 Å². The molecule has 1 aromatic rings. The lowest BCUT2D eigenvalue weighted by Gasteiger charge is -2.51. The van der Waals surface area contributed by atoms with Crippen LogP contribution in [-0.4, -0.2) is 35.6 Å². The second-order valence-electron chi connectivity index (χ2n) is 6.41. The van der Waals surface area contributed by atoms with E-state index in [0.717, 1.165) is 44.5 Å². The summed E-state index contributed by atoms with van der Waals surface area (Å²) in [6.45, 7) is 3.26. The fourth-order valence-corrected chi connectivity index (χ4v) is 3.79. The Balaban J connectivity index is 1.90. The molecule has 0 spiro atoms. The summed E-state index contributed by atoms with van der Waals surface area (Å²) in [4.78, 5) is 14.3. The van der Waals surface area contributed by atoms with Crippen molar-refractivity contribution in [1.82, 2.24) is 4.90 Å². The van der Waals surface area contributed by atoms with Crippen molar-refractivity contribution >= 4 is 5.97 Å². The van der Waals surface area contributed by atoms with Crippen LogP contribution in [-0.2, 0) is 10.3 Å². The van der Waals surface area contributed by atoms with Crippen LogP contribution in [0.1, 0.15) is 31.2 Å². The Bertz CT molecular complexity index is 481. The van der Waals surface area contributed by atoms with E-state index >= 15 is 0 Å². The number of rotatable bonds is 4. The molecular weight excluding hydrogens is 252 g/mol. The van der Waals surface area contributed by atoms with Gasteiger partial charge in [-0.3, -0.25) is 0 Å². The van der Waals surface area contributed by atoms with Gasteiger partial charge in [-0.25, -0.2) is 4.79 Å². The standard InChI is InChI=1S/C16H22N2O2/c17-16(14(19)20,13-4-2-1-3-5-13)12-15-6-9-18(10-7-15)11-8-15/h1-5H,6-12,17H2,(H,19,20). The summed E-state index contributed by atoms with van der Waals surface area (Å²) in [5, 5.41) is 9.70. The number of carboxylic acids is 1. The highest BCUT2D eigenvalue weighted by Gasteiger charge is 2.48. The molecule has 1 aromatic carbocycles. The van der Waals surface area contributed by atoms with Crippen molar-refractivity contribution in [3.63, 3.8) is 0 Å². The van der Waals surface area contributed by atoms with Crippen LogP contribution in [0.5, 0.6) is 0 Å². The largest absolute Gasteiger partial charge is 0.480 e. The third-order valence-corrected chi connectivity index (χ3v) is 5.20. The van der Waals surface area contributed by atoms with Crippen LogP contribution in [0, 0.1) is 5.41 Å². The minimum absolute atomic E-state index is 0.109. The molecule has 3 saturated heterocycles. The molecule has 2 bridgehead atoms. The van der Waals surface area contributed by atoms with Crippen LogP contribution in [0.3, 0.4) is 0 Å². The molecule has 3 aliphatic heterocycles. The number of benzene rings is 1. The van der Waals surface area contributed by atoms with Crippen LogP contribution >= 0.6 is 0 Å². The van der Waals surface area contributed by atoms with Crippen molar-refractivity contribution in [3.05, 3.63) is 35.9 Å². The third-order valence-electron chi connectivity index (χ3n) is 5.20. The number of hydrogen-bond donors (Lipinski definition) is 2. The molecule has 4 nitrogen and oxygen atoms in total. The van der Waals surface area contributed by atoms with E-state index in [9.17, 15) is 9.90 Å². The van der Waals surface area contributed by atoms with Crippen LogP contribution in [0.15, 0.2) is 30.3 Å². The fraction of sp³-hybridized carbons (Fsp3) is 0.562. The second-order valence-corrected chi connectivity index (χ2v) is 6.41. The van der Waals surface area contributed by atoms with Gasteiger partial charge in [0.25, 0.3) is 0 Å². The lowest BCUT2D eigenvalue weighted by molar-refractivity contribution is -0.146. The zero-order chi connectivity index (χ0) is 14.2. The molecule has 0 aromatic heterocycles. The third kappa shape index (κ3) is 2.23. The zero-order valence-electron chi connectivity index (χ0n) is 11.7. The molecule has 1 atom stereocenters. The first-order valence-electron chi connectivity index (χ1n) is 7.34. The van der Waals surface area contributed by atoms with E-state index in [2.05, 4.69) is 4.90 Å². The number of carbonyl (C=O) groups is 1. The summed E-state index contributed by atoms with van der Waals surface area (Å²) in [6, 6.07) is 9.29. The van der Waals surface area contributed by atoms with E-state index < -0.39 is 11.5 Å². The van der Waals surface area contributed by atoms with Gasteiger partial charge < -0.3 is 15.7 Å². The molecular formula is C16H22N2O2. The monoisotopic (exact) mass is 274 g/mol. The van der Waals surface area contributed by atoms with E-state index in [1.165, 1.54) is 0 Å². The quantitative estimate of drug-likeness (QED) is 0.878. The van der Waals surface area contributed by atoms with Crippen molar-refractivity contribution in [2.24, 2.45) is 11.1 Å². The average Bonchev–Trinajstić information content (AvgIpc) is 2.49. The van der Waals surface area contributed by atoms with Crippen LogP contribution < -0.4 is 5.73 Å². The Morgan fingerprint density at radius 3 is 2.25 bits per heavy atom.